The molecule has 0 saturated carbocycles. The zero-order chi connectivity index (χ0) is 11.4. The molecule has 0 spiro atoms. The zero-order valence-corrected chi connectivity index (χ0v) is 10.3. The summed E-state index contributed by atoms with van der Waals surface area (Å²) in [6.07, 6.45) is 3.93. The van der Waals surface area contributed by atoms with Gasteiger partial charge in [-0.1, -0.05) is 30.2 Å². The number of nitrogens with two attached hydrogens (primary N) is 1. The van der Waals surface area contributed by atoms with Crippen molar-refractivity contribution in [1.82, 2.24) is 4.90 Å². The number of likely N-dealkylation sites (tertiary alicyclic amines) is 1. The van der Waals surface area contributed by atoms with Crippen molar-refractivity contribution in [2.75, 3.05) is 19.6 Å². The summed E-state index contributed by atoms with van der Waals surface area (Å²) in [4.78, 5) is 2.48. The van der Waals surface area contributed by atoms with Gasteiger partial charge in [0.05, 0.1) is 0 Å². The minimum atomic E-state index is 0.332. The SMILES string of the molecule is NCC(c1cccc(Cl)c1)N1CCCCC1. The van der Waals surface area contributed by atoms with E-state index in [1.807, 2.05) is 18.2 Å². The Kier molecular flexibility index (Phi) is 4.22. The average molecular weight is 239 g/mol. The minimum Gasteiger partial charge on any atom is -0.329 e. The molecule has 1 heterocycles. The van der Waals surface area contributed by atoms with E-state index in [2.05, 4.69) is 11.0 Å². The predicted octanol–water partition coefficient (Wildman–Crippen LogP) is 2.83. The number of benzene rings is 1. The van der Waals surface area contributed by atoms with Crippen molar-refractivity contribution in [1.29, 1.82) is 0 Å². The van der Waals surface area contributed by atoms with Crippen LogP contribution in [0.15, 0.2) is 24.3 Å². The van der Waals surface area contributed by atoms with Crippen molar-refractivity contribution in [3.8, 4) is 0 Å². The molecule has 88 valence electrons. The smallest absolute Gasteiger partial charge is 0.0470 e. The summed E-state index contributed by atoms with van der Waals surface area (Å²) in [6.45, 7) is 2.99. The molecular weight excluding hydrogens is 220 g/mol. The van der Waals surface area contributed by atoms with Gasteiger partial charge in [0.1, 0.15) is 0 Å². The third-order valence-electron chi connectivity index (χ3n) is 3.29. The Hall–Kier alpha value is -0.570. The third kappa shape index (κ3) is 2.76. The Morgan fingerprint density at radius 2 is 2.00 bits per heavy atom. The van der Waals surface area contributed by atoms with Crippen LogP contribution in [-0.4, -0.2) is 24.5 Å². The van der Waals surface area contributed by atoms with Gasteiger partial charge in [0, 0.05) is 17.6 Å². The molecule has 3 heteroatoms. The second-order valence-corrected chi connectivity index (χ2v) is 4.84. The van der Waals surface area contributed by atoms with Gasteiger partial charge in [-0.2, -0.15) is 0 Å². The third-order valence-corrected chi connectivity index (χ3v) is 3.52. The van der Waals surface area contributed by atoms with Crippen LogP contribution >= 0.6 is 11.6 Å². The molecule has 1 aromatic carbocycles. The molecule has 16 heavy (non-hydrogen) atoms. The molecule has 2 N–H and O–H groups in total. The lowest BCUT2D eigenvalue weighted by Gasteiger charge is -2.34. The van der Waals surface area contributed by atoms with Gasteiger partial charge in [-0.15, -0.1) is 0 Å². The van der Waals surface area contributed by atoms with E-state index in [9.17, 15) is 0 Å². The number of nitrogens with zero attached hydrogens (tertiary/aromatic N) is 1. The molecule has 0 radical (unpaired) electrons. The number of piperidine rings is 1. The fraction of sp³-hybridized carbons (Fsp3) is 0.538. The molecule has 0 amide bonds. The van der Waals surface area contributed by atoms with E-state index >= 15 is 0 Å². The van der Waals surface area contributed by atoms with Crippen molar-refractivity contribution >= 4 is 11.6 Å². The topological polar surface area (TPSA) is 29.3 Å². The van der Waals surface area contributed by atoms with Gasteiger partial charge in [-0.05, 0) is 43.6 Å². The summed E-state index contributed by atoms with van der Waals surface area (Å²) in [5.41, 5.74) is 7.15. The van der Waals surface area contributed by atoms with Crippen LogP contribution < -0.4 is 5.73 Å². The molecule has 1 saturated heterocycles. The Morgan fingerprint density at radius 3 is 2.62 bits per heavy atom. The molecule has 0 aromatic heterocycles. The molecule has 0 aliphatic carbocycles. The van der Waals surface area contributed by atoms with Crippen LogP contribution in [0.3, 0.4) is 0 Å². The van der Waals surface area contributed by atoms with E-state index in [0.717, 1.165) is 18.1 Å². The first-order valence-corrected chi connectivity index (χ1v) is 6.38. The Morgan fingerprint density at radius 1 is 1.25 bits per heavy atom. The van der Waals surface area contributed by atoms with Crippen LogP contribution in [-0.2, 0) is 0 Å². The quantitative estimate of drug-likeness (QED) is 0.878. The summed E-state index contributed by atoms with van der Waals surface area (Å²) < 4.78 is 0. The van der Waals surface area contributed by atoms with Gasteiger partial charge >= 0.3 is 0 Å². The highest BCUT2D eigenvalue weighted by atomic mass is 35.5. The average Bonchev–Trinajstić information content (AvgIpc) is 2.31. The van der Waals surface area contributed by atoms with Gasteiger partial charge in [0.15, 0.2) is 0 Å². The Balaban J connectivity index is 2.14. The molecule has 1 fully saturated rings. The Labute approximate surface area is 102 Å². The zero-order valence-electron chi connectivity index (χ0n) is 9.53. The van der Waals surface area contributed by atoms with E-state index in [4.69, 9.17) is 17.3 Å². The van der Waals surface area contributed by atoms with Crippen molar-refractivity contribution in [2.24, 2.45) is 5.73 Å². The maximum absolute atomic E-state index is 6.03. The maximum atomic E-state index is 6.03. The fourth-order valence-corrected chi connectivity index (χ4v) is 2.64. The molecule has 1 aromatic rings. The van der Waals surface area contributed by atoms with E-state index in [1.54, 1.807) is 0 Å². The van der Waals surface area contributed by atoms with Crippen LogP contribution in [0, 0.1) is 0 Å². The minimum absolute atomic E-state index is 0.332. The second-order valence-electron chi connectivity index (χ2n) is 4.40. The van der Waals surface area contributed by atoms with Crippen molar-refractivity contribution in [2.45, 2.75) is 25.3 Å². The molecule has 0 bridgehead atoms. The highest BCUT2D eigenvalue weighted by molar-refractivity contribution is 6.30. The predicted molar refractivity (Wildman–Crippen MR) is 68.7 cm³/mol. The molecule has 1 aliphatic heterocycles. The number of hydrogen-bond donors (Lipinski definition) is 1. The summed E-state index contributed by atoms with van der Waals surface area (Å²) >= 11 is 6.03. The second kappa shape index (κ2) is 5.67. The largest absolute Gasteiger partial charge is 0.329 e. The van der Waals surface area contributed by atoms with Gasteiger partial charge < -0.3 is 5.73 Å². The number of rotatable bonds is 3. The fourth-order valence-electron chi connectivity index (χ4n) is 2.44. The number of hydrogen-bond acceptors (Lipinski definition) is 2. The first-order chi connectivity index (χ1) is 7.81. The number of halogens is 1. The van der Waals surface area contributed by atoms with Crippen LogP contribution in [0.2, 0.25) is 5.02 Å². The summed E-state index contributed by atoms with van der Waals surface area (Å²) in [5.74, 6) is 0. The van der Waals surface area contributed by atoms with Gasteiger partial charge in [-0.25, -0.2) is 0 Å². The van der Waals surface area contributed by atoms with E-state index in [1.165, 1.54) is 24.8 Å². The Bertz CT molecular complexity index is 334. The standard InChI is InChI=1S/C13H19ClN2/c14-12-6-4-5-11(9-12)13(10-15)16-7-2-1-3-8-16/h4-6,9,13H,1-3,7-8,10,15H2. The van der Waals surface area contributed by atoms with Crippen LogP contribution in [0.1, 0.15) is 30.9 Å². The summed E-state index contributed by atoms with van der Waals surface area (Å²) in [6, 6.07) is 8.41. The van der Waals surface area contributed by atoms with E-state index in [-0.39, 0.29) is 0 Å². The van der Waals surface area contributed by atoms with Crippen molar-refractivity contribution in [3.05, 3.63) is 34.9 Å². The summed E-state index contributed by atoms with van der Waals surface area (Å²) in [5, 5.41) is 0.799. The molecule has 1 atom stereocenters. The van der Waals surface area contributed by atoms with Gasteiger partial charge in [0.25, 0.3) is 0 Å². The summed E-state index contributed by atoms with van der Waals surface area (Å²) in [7, 11) is 0. The maximum Gasteiger partial charge on any atom is 0.0470 e. The van der Waals surface area contributed by atoms with Gasteiger partial charge in [0.2, 0.25) is 0 Å². The highest BCUT2D eigenvalue weighted by Crippen LogP contribution is 2.25. The van der Waals surface area contributed by atoms with E-state index < -0.39 is 0 Å². The first kappa shape index (κ1) is 11.9. The highest BCUT2D eigenvalue weighted by Gasteiger charge is 2.20. The molecule has 1 unspecified atom stereocenters. The lowest BCUT2D eigenvalue weighted by molar-refractivity contribution is 0.167. The van der Waals surface area contributed by atoms with Gasteiger partial charge in [-0.3, -0.25) is 4.90 Å². The first-order valence-electron chi connectivity index (χ1n) is 6.01. The van der Waals surface area contributed by atoms with Crippen molar-refractivity contribution < 1.29 is 0 Å². The lowest BCUT2D eigenvalue weighted by atomic mass is 10.0. The molecular formula is C13H19ClN2. The van der Waals surface area contributed by atoms with Crippen molar-refractivity contribution in [3.63, 3.8) is 0 Å². The van der Waals surface area contributed by atoms with E-state index in [0.29, 0.717) is 12.6 Å². The van der Waals surface area contributed by atoms with Crippen LogP contribution in [0.25, 0.3) is 0 Å². The van der Waals surface area contributed by atoms with Crippen LogP contribution in [0.5, 0.6) is 0 Å². The molecule has 2 rings (SSSR count). The van der Waals surface area contributed by atoms with Crippen LogP contribution in [0.4, 0.5) is 0 Å². The molecule has 2 nitrogen and oxygen atoms in total. The monoisotopic (exact) mass is 238 g/mol. The lowest BCUT2D eigenvalue weighted by Crippen LogP contribution is -2.37. The molecule has 1 aliphatic rings. The normalized spacial score (nSPS) is 19.6.